The van der Waals surface area contributed by atoms with Crippen molar-refractivity contribution in [3.8, 4) is 16.9 Å². The molecule has 204 valence electrons. The first-order valence-electron chi connectivity index (χ1n) is 12.1. The topological polar surface area (TPSA) is 152 Å². The summed E-state index contributed by atoms with van der Waals surface area (Å²) in [6.07, 6.45) is 2.81. The lowest BCUT2D eigenvalue weighted by molar-refractivity contribution is -0.117. The van der Waals surface area contributed by atoms with Gasteiger partial charge in [-0.15, -0.1) is 5.10 Å². The zero-order valence-corrected chi connectivity index (χ0v) is 22.3. The summed E-state index contributed by atoms with van der Waals surface area (Å²) in [7, 11) is -3.58. The van der Waals surface area contributed by atoms with E-state index in [9.17, 15) is 22.7 Å². The lowest BCUT2D eigenvalue weighted by Gasteiger charge is -2.13. The van der Waals surface area contributed by atoms with Crippen LogP contribution in [0.3, 0.4) is 0 Å². The second kappa shape index (κ2) is 10.4. The number of benzene rings is 3. The third-order valence-corrected chi connectivity index (χ3v) is 7.42. The van der Waals surface area contributed by atoms with Crippen molar-refractivity contribution >= 4 is 38.7 Å². The molecule has 0 aliphatic heterocycles. The molecule has 40 heavy (non-hydrogen) atoms. The van der Waals surface area contributed by atoms with E-state index in [1.807, 2.05) is 18.2 Å². The highest BCUT2D eigenvalue weighted by molar-refractivity contribution is 7.90. The van der Waals surface area contributed by atoms with Gasteiger partial charge in [0.05, 0.1) is 0 Å². The lowest BCUT2D eigenvalue weighted by Crippen LogP contribution is -2.28. The Hall–Kier alpha value is -4.81. The fraction of sp³-hybridized carbons (Fsp3) is 0.107. The third kappa shape index (κ3) is 5.48. The van der Waals surface area contributed by atoms with Crippen molar-refractivity contribution in [2.75, 3.05) is 16.9 Å². The molecule has 5 aromatic rings. The van der Waals surface area contributed by atoms with Crippen LogP contribution in [0, 0.1) is 12.7 Å². The highest BCUT2D eigenvalue weighted by atomic mass is 32.2. The van der Waals surface area contributed by atoms with Gasteiger partial charge in [0.2, 0.25) is 11.9 Å². The van der Waals surface area contributed by atoms with Crippen LogP contribution in [-0.4, -0.2) is 40.3 Å². The summed E-state index contributed by atoms with van der Waals surface area (Å²) in [6, 6.07) is 18.2. The number of aryl methyl sites for hydroxylation is 1. The van der Waals surface area contributed by atoms with Crippen LogP contribution in [0.15, 0.2) is 83.9 Å². The number of hydrogen-bond acceptors (Lipinski definition) is 8. The van der Waals surface area contributed by atoms with Crippen LogP contribution in [0.5, 0.6) is 5.75 Å². The second-order valence-electron chi connectivity index (χ2n) is 9.25. The molecule has 0 saturated heterocycles. The van der Waals surface area contributed by atoms with Gasteiger partial charge in [-0.1, -0.05) is 30.3 Å². The number of fused-ring (bicyclic) bond motifs is 1. The summed E-state index contributed by atoms with van der Waals surface area (Å²) in [5, 5.41) is 20.3. The molecule has 0 unspecified atom stereocenters. The summed E-state index contributed by atoms with van der Waals surface area (Å²) in [5.74, 6) is -1.18. The molecule has 0 aliphatic rings. The van der Waals surface area contributed by atoms with Gasteiger partial charge in [0.25, 0.3) is 0 Å². The number of sulfone groups is 1. The van der Waals surface area contributed by atoms with Crippen LogP contribution in [0.2, 0.25) is 0 Å². The number of anilines is 3. The summed E-state index contributed by atoms with van der Waals surface area (Å²) in [4.78, 5) is 16.8. The molecule has 1 atom stereocenters. The molecule has 0 radical (unpaired) electrons. The van der Waals surface area contributed by atoms with Crippen molar-refractivity contribution in [1.29, 1.82) is 0 Å². The number of pyridine rings is 1. The largest absolute Gasteiger partial charge is 0.507 e. The first-order chi connectivity index (χ1) is 19.0. The van der Waals surface area contributed by atoms with Crippen LogP contribution in [0.1, 0.15) is 17.2 Å². The van der Waals surface area contributed by atoms with Crippen LogP contribution in [0.25, 0.3) is 16.8 Å². The lowest BCUT2D eigenvalue weighted by atomic mass is 10.1. The highest BCUT2D eigenvalue weighted by Gasteiger charge is 2.19. The molecule has 5 rings (SSSR count). The maximum absolute atomic E-state index is 14.0. The molecule has 3 aromatic carbocycles. The number of hydrogen-bond donors (Lipinski definition) is 4. The Kier molecular flexibility index (Phi) is 6.96. The van der Waals surface area contributed by atoms with E-state index in [2.05, 4.69) is 20.7 Å². The molecule has 0 spiro atoms. The smallest absolute Gasteiger partial charge is 0.247 e. The van der Waals surface area contributed by atoms with Crippen LogP contribution in [-0.2, 0) is 14.6 Å². The molecule has 0 bridgehead atoms. The number of carbonyl (C=O) groups is 1. The number of amides is 1. The van der Waals surface area contributed by atoms with Gasteiger partial charge in [0, 0.05) is 41.0 Å². The molecule has 1 amide bonds. The Balaban J connectivity index is 1.32. The number of aromatic nitrogens is 3. The van der Waals surface area contributed by atoms with Crippen molar-refractivity contribution in [1.82, 2.24) is 14.6 Å². The molecule has 10 nitrogen and oxygen atoms in total. The minimum atomic E-state index is -3.58. The molecule has 12 heteroatoms. The molecule has 0 fully saturated rings. The van der Waals surface area contributed by atoms with Gasteiger partial charge in [-0.05, 0) is 54.4 Å². The van der Waals surface area contributed by atoms with Crippen molar-refractivity contribution in [2.24, 2.45) is 5.73 Å². The first-order valence-corrected chi connectivity index (χ1v) is 14.0. The van der Waals surface area contributed by atoms with Gasteiger partial charge in [0.1, 0.15) is 22.5 Å². The Morgan fingerprint density at radius 2 is 1.75 bits per heavy atom. The van der Waals surface area contributed by atoms with Gasteiger partial charge in [-0.25, -0.2) is 17.3 Å². The minimum Gasteiger partial charge on any atom is -0.507 e. The average molecular weight is 561 g/mol. The molecule has 0 saturated carbocycles. The molecule has 0 aliphatic carbocycles. The average Bonchev–Trinajstić information content (AvgIpc) is 3.32. The number of aromatic hydroxyl groups is 1. The Morgan fingerprint density at radius 3 is 2.45 bits per heavy atom. The number of halogens is 1. The number of phenols is 1. The van der Waals surface area contributed by atoms with Crippen LogP contribution >= 0.6 is 0 Å². The summed E-state index contributed by atoms with van der Waals surface area (Å²) in [6.45, 7) is 1.71. The normalized spacial score (nSPS) is 12.3. The SMILES string of the molecule is Cc1cc(S(C)(=O)=O)c(O)cc1Nc1nc2ccc(-c3ccc(NC(=O)[C@H](N)c4ccccc4F)cc3)cn2n1. The van der Waals surface area contributed by atoms with Crippen molar-refractivity contribution < 1.29 is 22.7 Å². The Morgan fingerprint density at radius 1 is 1.05 bits per heavy atom. The molecular formula is C28H25FN6O4S. The van der Waals surface area contributed by atoms with Gasteiger partial charge < -0.3 is 21.5 Å². The number of nitrogens with one attached hydrogen (secondary N) is 2. The monoisotopic (exact) mass is 560 g/mol. The minimum absolute atomic E-state index is 0.115. The van der Waals surface area contributed by atoms with Crippen molar-refractivity contribution in [2.45, 2.75) is 17.9 Å². The van der Waals surface area contributed by atoms with Crippen LogP contribution in [0.4, 0.5) is 21.7 Å². The van der Waals surface area contributed by atoms with Gasteiger partial charge in [-0.2, -0.15) is 4.98 Å². The van der Waals surface area contributed by atoms with E-state index >= 15 is 0 Å². The predicted molar refractivity (Wildman–Crippen MR) is 150 cm³/mol. The number of phenolic OH excluding ortho intramolecular Hbond substituents is 1. The van der Waals surface area contributed by atoms with E-state index in [4.69, 9.17) is 5.73 Å². The van der Waals surface area contributed by atoms with Crippen molar-refractivity contribution in [3.63, 3.8) is 0 Å². The fourth-order valence-corrected chi connectivity index (χ4v) is 4.99. The summed E-state index contributed by atoms with van der Waals surface area (Å²) >= 11 is 0. The molecular weight excluding hydrogens is 535 g/mol. The Labute approximate surface area is 229 Å². The van der Waals surface area contributed by atoms with Gasteiger partial charge in [0.15, 0.2) is 15.5 Å². The third-order valence-electron chi connectivity index (χ3n) is 6.29. The van der Waals surface area contributed by atoms with Gasteiger partial charge in [-0.3, -0.25) is 4.79 Å². The second-order valence-corrected chi connectivity index (χ2v) is 11.2. The number of nitrogens with two attached hydrogens (primary N) is 1. The number of rotatable bonds is 7. The number of nitrogens with zero attached hydrogens (tertiary/aromatic N) is 3. The fourth-order valence-electron chi connectivity index (χ4n) is 4.16. The first kappa shape index (κ1) is 26.8. The maximum Gasteiger partial charge on any atom is 0.247 e. The zero-order chi connectivity index (χ0) is 28.6. The van der Waals surface area contributed by atoms with E-state index in [-0.39, 0.29) is 22.2 Å². The van der Waals surface area contributed by atoms with E-state index < -0.39 is 27.6 Å². The quantitative estimate of drug-likeness (QED) is 0.230. The van der Waals surface area contributed by atoms with E-state index in [1.165, 1.54) is 30.3 Å². The molecule has 5 N–H and O–H groups in total. The highest BCUT2D eigenvalue weighted by Crippen LogP contribution is 2.31. The van der Waals surface area contributed by atoms with E-state index in [0.717, 1.165) is 17.4 Å². The van der Waals surface area contributed by atoms with E-state index in [1.54, 1.807) is 41.9 Å². The zero-order valence-electron chi connectivity index (χ0n) is 21.5. The van der Waals surface area contributed by atoms with Crippen LogP contribution < -0.4 is 16.4 Å². The number of carbonyl (C=O) groups excluding carboxylic acids is 1. The summed E-state index contributed by atoms with van der Waals surface area (Å²) in [5.41, 5.74) is 9.87. The molecule has 2 aromatic heterocycles. The summed E-state index contributed by atoms with van der Waals surface area (Å²) < 4.78 is 39.3. The van der Waals surface area contributed by atoms with E-state index in [0.29, 0.717) is 22.6 Å². The predicted octanol–water partition coefficient (Wildman–Crippen LogP) is 4.34. The van der Waals surface area contributed by atoms with Crippen molar-refractivity contribution in [3.05, 3.63) is 95.9 Å². The maximum atomic E-state index is 14.0. The standard InChI is InChI=1S/C28H25FN6O4S/c1-16-13-24(40(2,38)39)23(36)14-22(16)32-28-33-25-12-9-18(15-35(25)34-28)17-7-10-19(11-8-17)31-27(37)26(30)20-5-3-4-6-21(20)29/h3-15,26,36H,30H2,1-2H3,(H,31,37)(H,32,34)/t26-/m1/s1. The van der Waals surface area contributed by atoms with Gasteiger partial charge >= 0.3 is 0 Å². The molecule has 2 heterocycles. The Bertz CT molecular complexity index is 1860.